The summed E-state index contributed by atoms with van der Waals surface area (Å²) >= 11 is 0. The number of amides is 1. The van der Waals surface area contributed by atoms with Crippen LogP contribution in [0.3, 0.4) is 0 Å². The zero-order valence-electron chi connectivity index (χ0n) is 20.4. The highest BCUT2D eigenvalue weighted by atomic mass is 16.5. The van der Waals surface area contributed by atoms with Gasteiger partial charge in [-0.3, -0.25) is 9.59 Å². The summed E-state index contributed by atoms with van der Waals surface area (Å²) in [5, 5.41) is 22.4. The van der Waals surface area contributed by atoms with E-state index in [9.17, 15) is 19.8 Å². The van der Waals surface area contributed by atoms with Crippen molar-refractivity contribution >= 4 is 28.4 Å². The molecule has 0 bridgehead atoms. The van der Waals surface area contributed by atoms with Crippen LogP contribution in [0.25, 0.3) is 16.7 Å². The average Bonchev–Trinajstić information content (AvgIpc) is 3.45. The minimum Gasteiger partial charge on any atom is -0.507 e. The Bertz CT molecular complexity index is 1520. The van der Waals surface area contributed by atoms with Crippen molar-refractivity contribution in [3.63, 3.8) is 0 Å². The molecule has 37 heavy (non-hydrogen) atoms. The number of para-hydroxylation sites is 1. The van der Waals surface area contributed by atoms with Gasteiger partial charge in [0.15, 0.2) is 11.5 Å². The van der Waals surface area contributed by atoms with Crippen molar-refractivity contribution in [3.8, 4) is 17.2 Å². The van der Waals surface area contributed by atoms with Crippen LogP contribution in [-0.4, -0.2) is 52.6 Å². The summed E-state index contributed by atoms with van der Waals surface area (Å²) in [4.78, 5) is 31.3. The molecule has 0 saturated carbocycles. The maximum Gasteiger partial charge on any atom is 0.295 e. The number of rotatable bonds is 7. The lowest BCUT2D eigenvalue weighted by molar-refractivity contribution is -0.139. The molecule has 4 aromatic rings. The van der Waals surface area contributed by atoms with Crippen LogP contribution in [0.2, 0.25) is 0 Å². The molecule has 5 rings (SSSR count). The molecule has 2 heterocycles. The maximum atomic E-state index is 13.3. The third-order valence-corrected chi connectivity index (χ3v) is 6.72. The second-order valence-electron chi connectivity index (χ2n) is 8.76. The van der Waals surface area contributed by atoms with E-state index in [4.69, 9.17) is 9.47 Å². The van der Waals surface area contributed by atoms with E-state index in [0.29, 0.717) is 23.3 Å². The minimum absolute atomic E-state index is 0.0261. The lowest BCUT2D eigenvalue weighted by Crippen LogP contribution is -2.31. The number of aromatic nitrogens is 1. The molecule has 1 saturated heterocycles. The summed E-state index contributed by atoms with van der Waals surface area (Å²) in [6, 6.07) is 18.2. The van der Waals surface area contributed by atoms with E-state index in [-0.39, 0.29) is 29.4 Å². The van der Waals surface area contributed by atoms with E-state index in [1.54, 1.807) is 36.4 Å². The number of fused-ring (bicyclic) bond motifs is 1. The lowest BCUT2D eigenvalue weighted by Gasteiger charge is -2.25. The third kappa shape index (κ3) is 4.27. The Kier molecular flexibility index (Phi) is 6.31. The van der Waals surface area contributed by atoms with Gasteiger partial charge in [0.2, 0.25) is 0 Å². The van der Waals surface area contributed by atoms with E-state index in [2.05, 4.69) is 4.98 Å². The molecule has 3 aromatic carbocycles. The van der Waals surface area contributed by atoms with Crippen molar-refractivity contribution < 1.29 is 29.3 Å². The molecule has 1 aromatic heterocycles. The van der Waals surface area contributed by atoms with Crippen LogP contribution in [0.1, 0.15) is 22.7 Å². The van der Waals surface area contributed by atoms with Gasteiger partial charge in [-0.05, 0) is 60.0 Å². The maximum absolute atomic E-state index is 13.3. The number of methoxy groups -OCH3 is 2. The second kappa shape index (κ2) is 9.73. The number of carbonyl (C=O) groups is 2. The SMILES string of the molecule is COc1ccc(/C(O)=C2\C(=O)C(=O)N(CCc3c[nH]c4ccccc34)C2c2ccc(O)c(OC)c2)cc1. The molecule has 3 N–H and O–H groups in total. The number of ketones is 1. The van der Waals surface area contributed by atoms with Gasteiger partial charge in [-0.15, -0.1) is 0 Å². The number of aromatic hydroxyl groups is 1. The molecular weight excluding hydrogens is 472 g/mol. The Balaban J connectivity index is 1.58. The summed E-state index contributed by atoms with van der Waals surface area (Å²) in [5.74, 6) is -1.04. The van der Waals surface area contributed by atoms with Crippen LogP contribution in [0.5, 0.6) is 17.2 Å². The number of aliphatic hydroxyl groups is 1. The van der Waals surface area contributed by atoms with Gasteiger partial charge in [-0.2, -0.15) is 0 Å². The standard InChI is InChI=1S/C29H26N2O6/c1-36-20-10-7-17(8-11-20)27(33)25-26(18-9-12-23(32)24(15-18)37-2)31(29(35)28(25)34)14-13-19-16-30-22-6-4-3-5-21(19)22/h3-12,15-16,26,30,32-33H,13-14H2,1-2H3/b27-25+. The van der Waals surface area contributed by atoms with Crippen LogP contribution >= 0.6 is 0 Å². The first-order valence-corrected chi connectivity index (χ1v) is 11.8. The number of Topliss-reactive ketones (excluding diaryl/α,β-unsaturated/α-hetero) is 1. The first-order chi connectivity index (χ1) is 17.9. The third-order valence-electron chi connectivity index (χ3n) is 6.72. The lowest BCUT2D eigenvalue weighted by atomic mass is 9.94. The first-order valence-electron chi connectivity index (χ1n) is 11.8. The molecule has 8 heteroatoms. The number of hydrogen-bond acceptors (Lipinski definition) is 6. The van der Waals surface area contributed by atoms with Crippen LogP contribution in [-0.2, 0) is 16.0 Å². The number of phenolic OH excluding ortho intramolecular Hbond substituents is 1. The number of phenols is 1. The smallest absolute Gasteiger partial charge is 0.295 e. The molecule has 1 atom stereocenters. The quantitative estimate of drug-likeness (QED) is 0.196. The minimum atomic E-state index is -0.873. The van der Waals surface area contributed by atoms with Crippen molar-refractivity contribution in [2.45, 2.75) is 12.5 Å². The van der Waals surface area contributed by atoms with E-state index >= 15 is 0 Å². The van der Waals surface area contributed by atoms with E-state index in [0.717, 1.165) is 16.5 Å². The molecule has 0 aliphatic carbocycles. The Hall–Kier alpha value is -4.72. The van der Waals surface area contributed by atoms with Crippen molar-refractivity contribution in [1.82, 2.24) is 9.88 Å². The fourth-order valence-electron chi connectivity index (χ4n) is 4.81. The number of aliphatic hydroxyl groups excluding tert-OH is 1. The van der Waals surface area contributed by atoms with Gasteiger partial charge >= 0.3 is 0 Å². The topological polar surface area (TPSA) is 112 Å². The van der Waals surface area contributed by atoms with Gasteiger partial charge in [0.05, 0.1) is 25.8 Å². The van der Waals surface area contributed by atoms with Gasteiger partial charge in [0, 0.05) is 29.2 Å². The molecule has 1 amide bonds. The van der Waals surface area contributed by atoms with Crippen LogP contribution in [0.4, 0.5) is 0 Å². The van der Waals surface area contributed by atoms with Gasteiger partial charge < -0.3 is 29.6 Å². The number of nitrogens with one attached hydrogen (secondary N) is 1. The van der Waals surface area contributed by atoms with Crippen LogP contribution in [0, 0.1) is 0 Å². The highest BCUT2D eigenvalue weighted by Gasteiger charge is 2.46. The molecule has 1 aliphatic rings. The number of H-pyrrole nitrogens is 1. The van der Waals surface area contributed by atoms with E-state index < -0.39 is 17.7 Å². The van der Waals surface area contributed by atoms with Crippen molar-refractivity contribution in [1.29, 1.82) is 0 Å². The number of benzene rings is 3. The largest absolute Gasteiger partial charge is 0.507 e. The van der Waals surface area contributed by atoms with Gasteiger partial charge in [0.1, 0.15) is 11.5 Å². The molecule has 1 aliphatic heterocycles. The van der Waals surface area contributed by atoms with E-state index in [1.165, 1.54) is 25.2 Å². The molecule has 8 nitrogen and oxygen atoms in total. The summed E-state index contributed by atoms with van der Waals surface area (Å²) in [6.45, 7) is 0.236. The summed E-state index contributed by atoms with van der Waals surface area (Å²) in [6.07, 6.45) is 2.39. The normalized spacial score (nSPS) is 16.9. The zero-order valence-corrected chi connectivity index (χ0v) is 20.4. The van der Waals surface area contributed by atoms with Gasteiger partial charge in [-0.25, -0.2) is 0 Å². The highest BCUT2D eigenvalue weighted by Crippen LogP contribution is 2.42. The molecule has 1 unspecified atom stereocenters. The summed E-state index contributed by atoms with van der Waals surface area (Å²) in [7, 11) is 2.95. The number of ether oxygens (including phenoxy) is 2. The number of aromatic amines is 1. The van der Waals surface area contributed by atoms with Crippen molar-refractivity contribution in [2.75, 3.05) is 20.8 Å². The fraction of sp³-hybridized carbons (Fsp3) is 0.172. The van der Waals surface area contributed by atoms with Crippen LogP contribution < -0.4 is 9.47 Å². The second-order valence-corrected chi connectivity index (χ2v) is 8.76. The predicted octanol–water partition coefficient (Wildman–Crippen LogP) is 4.56. The highest BCUT2D eigenvalue weighted by molar-refractivity contribution is 6.46. The summed E-state index contributed by atoms with van der Waals surface area (Å²) in [5.41, 5.74) is 2.88. The number of hydrogen-bond donors (Lipinski definition) is 3. The fourth-order valence-corrected chi connectivity index (χ4v) is 4.81. The molecule has 188 valence electrons. The number of nitrogens with zero attached hydrogens (tertiary/aromatic N) is 1. The summed E-state index contributed by atoms with van der Waals surface area (Å²) < 4.78 is 10.5. The number of carbonyl (C=O) groups excluding carboxylic acids is 2. The van der Waals surface area contributed by atoms with Crippen LogP contribution in [0.15, 0.2) is 78.5 Å². The Morgan fingerprint density at radius 3 is 2.49 bits per heavy atom. The molecule has 1 fully saturated rings. The molecular formula is C29H26N2O6. The Morgan fingerprint density at radius 2 is 1.76 bits per heavy atom. The van der Waals surface area contributed by atoms with Crippen molar-refractivity contribution in [3.05, 3.63) is 95.2 Å². The first kappa shape index (κ1) is 24.0. The molecule has 0 radical (unpaired) electrons. The average molecular weight is 499 g/mol. The number of likely N-dealkylation sites (tertiary alicyclic amines) is 1. The van der Waals surface area contributed by atoms with Gasteiger partial charge in [0.25, 0.3) is 11.7 Å². The monoisotopic (exact) mass is 498 g/mol. The van der Waals surface area contributed by atoms with Crippen molar-refractivity contribution in [2.24, 2.45) is 0 Å². The zero-order chi connectivity index (χ0) is 26.1. The molecule has 0 spiro atoms. The van der Waals surface area contributed by atoms with Gasteiger partial charge in [-0.1, -0.05) is 24.3 Å². The van der Waals surface area contributed by atoms with E-state index in [1.807, 2.05) is 30.5 Å². The Morgan fingerprint density at radius 1 is 1.00 bits per heavy atom. The predicted molar refractivity (Wildman–Crippen MR) is 139 cm³/mol. The Labute approximate surface area is 213 Å².